The van der Waals surface area contributed by atoms with Crippen LogP contribution in [0.25, 0.3) is 0 Å². The number of hydrogen-bond acceptors (Lipinski definition) is 7. The molecule has 0 saturated heterocycles. The van der Waals surface area contributed by atoms with Gasteiger partial charge in [-0.15, -0.1) is 12.6 Å². The standard InChI is InChI=1S/C18H15F3N6S/c19-18(20,21)15-4-3-11(8-23-15)26-16-12-9-27(7-5-13(12)24-10-25-16)17-14(28)2-1-6-22-17/h1-4,6,8,10,28H,5,7,9H2,(H,24,25,26). The Kier molecular flexibility index (Phi) is 4.80. The molecule has 1 N–H and O–H groups in total. The summed E-state index contributed by atoms with van der Waals surface area (Å²) in [5.74, 6) is 1.30. The number of fused-ring (bicyclic) bond motifs is 1. The molecule has 0 fully saturated rings. The van der Waals surface area contributed by atoms with Gasteiger partial charge in [0.2, 0.25) is 0 Å². The quantitative estimate of drug-likeness (QED) is 0.646. The molecule has 0 saturated carbocycles. The molecule has 0 radical (unpaired) electrons. The van der Waals surface area contributed by atoms with E-state index in [2.05, 4.69) is 42.8 Å². The number of nitrogens with one attached hydrogen (secondary N) is 1. The van der Waals surface area contributed by atoms with Crippen molar-refractivity contribution in [1.29, 1.82) is 0 Å². The van der Waals surface area contributed by atoms with Gasteiger partial charge in [0.15, 0.2) is 0 Å². The fourth-order valence-electron chi connectivity index (χ4n) is 3.03. The average Bonchev–Trinajstić information content (AvgIpc) is 2.68. The molecule has 28 heavy (non-hydrogen) atoms. The molecule has 6 nitrogen and oxygen atoms in total. The topological polar surface area (TPSA) is 66.8 Å². The lowest BCUT2D eigenvalue weighted by atomic mass is 10.1. The van der Waals surface area contributed by atoms with Gasteiger partial charge in [-0.1, -0.05) is 0 Å². The normalized spacial score (nSPS) is 13.9. The lowest BCUT2D eigenvalue weighted by molar-refractivity contribution is -0.141. The third-order valence-corrected chi connectivity index (χ3v) is 4.73. The van der Waals surface area contributed by atoms with Gasteiger partial charge < -0.3 is 10.2 Å². The van der Waals surface area contributed by atoms with Crippen molar-refractivity contribution >= 4 is 30.0 Å². The van der Waals surface area contributed by atoms with Crippen molar-refractivity contribution in [3.63, 3.8) is 0 Å². The number of pyridine rings is 2. The average molecular weight is 404 g/mol. The molecule has 3 aromatic rings. The number of halogens is 3. The maximum atomic E-state index is 12.7. The number of thiol groups is 1. The smallest absolute Gasteiger partial charge is 0.351 e. The van der Waals surface area contributed by atoms with E-state index in [1.54, 1.807) is 6.20 Å². The molecule has 0 atom stereocenters. The number of anilines is 3. The summed E-state index contributed by atoms with van der Waals surface area (Å²) in [6.45, 7) is 1.24. The summed E-state index contributed by atoms with van der Waals surface area (Å²) < 4.78 is 38.1. The molecular weight excluding hydrogens is 389 g/mol. The summed E-state index contributed by atoms with van der Waals surface area (Å²) in [4.78, 5) is 19.3. The van der Waals surface area contributed by atoms with E-state index in [9.17, 15) is 13.2 Å². The predicted octanol–water partition coefficient (Wildman–Crippen LogP) is 3.88. The molecule has 10 heteroatoms. The summed E-state index contributed by atoms with van der Waals surface area (Å²) in [6.07, 6.45) is 0.517. The highest BCUT2D eigenvalue weighted by atomic mass is 32.1. The Morgan fingerprint density at radius 1 is 1.07 bits per heavy atom. The molecule has 0 aliphatic carbocycles. The Bertz CT molecular complexity index is 993. The summed E-state index contributed by atoms with van der Waals surface area (Å²) >= 11 is 4.47. The molecule has 0 unspecified atom stereocenters. The largest absolute Gasteiger partial charge is 0.433 e. The van der Waals surface area contributed by atoms with E-state index in [0.717, 1.165) is 40.8 Å². The maximum Gasteiger partial charge on any atom is 0.433 e. The Labute approximate surface area is 164 Å². The van der Waals surface area contributed by atoms with Crippen molar-refractivity contribution in [2.24, 2.45) is 0 Å². The van der Waals surface area contributed by atoms with E-state index in [1.807, 2.05) is 12.1 Å². The van der Waals surface area contributed by atoms with Crippen LogP contribution in [0, 0.1) is 0 Å². The highest BCUT2D eigenvalue weighted by molar-refractivity contribution is 7.80. The summed E-state index contributed by atoms with van der Waals surface area (Å²) in [7, 11) is 0. The monoisotopic (exact) mass is 404 g/mol. The van der Waals surface area contributed by atoms with Crippen molar-refractivity contribution in [3.8, 4) is 0 Å². The number of nitrogens with zero attached hydrogens (tertiary/aromatic N) is 5. The first-order chi connectivity index (χ1) is 13.4. The van der Waals surface area contributed by atoms with Crippen LogP contribution in [0.15, 0.2) is 47.9 Å². The third kappa shape index (κ3) is 3.72. The van der Waals surface area contributed by atoms with Crippen LogP contribution in [-0.2, 0) is 19.1 Å². The maximum absolute atomic E-state index is 12.7. The Hall–Kier alpha value is -2.88. The van der Waals surface area contributed by atoms with E-state index < -0.39 is 11.9 Å². The molecule has 1 aliphatic rings. The lowest BCUT2D eigenvalue weighted by Crippen LogP contribution is -2.32. The molecule has 4 rings (SSSR count). The minimum absolute atomic E-state index is 0.416. The zero-order valence-electron chi connectivity index (χ0n) is 14.5. The second-order valence-corrected chi connectivity index (χ2v) is 6.70. The predicted molar refractivity (Wildman–Crippen MR) is 101 cm³/mol. The van der Waals surface area contributed by atoms with E-state index >= 15 is 0 Å². The zero-order valence-corrected chi connectivity index (χ0v) is 15.4. The van der Waals surface area contributed by atoms with Gasteiger partial charge >= 0.3 is 6.18 Å². The van der Waals surface area contributed by atoms with Crippen LogP contribution in [0.2, 0.25) is 0 Å². The van der Waals surface area contributed by atoms with Gasteiger partial charge in [-0.3, -0.25) is 0 Å². The fourth-order valence-corrected chi connectivity index (χ4v) is 3.32. The van der Waals surface area contributed by atoms with Gasteiger partial charge in [0, 0.05) is 36.2 Å². The molecule has 0 aromatic carbocycles. The zero-order chi connectivity index (χ0) is 19.7. The minimum atomic E-state index is -4.47. The van der Waals surface area contributed by atoms with Crippen LogP contribution >= 0.6 is 12.6 Å². The molecule has 0 bridgehead atoms. The minimum Gasteiger partial charge on any atom is -0.351 e. The first-order valence-electron chi connectivity index (χ1n) is 8.44. The molecular formula is C18H15F3N6S. The molecule has 144 valence electrons. The Balaban J connectivity index is 1.60. The second-order valence-electron chi connectivity index (χ2n) is 6.22. The molecule has 0 amide bonds. The third-order valence-electron chi connectivity index (χ3n) is 4.38. The second kappa shape index (κ2) is 7.27. The van der Waals surface area contributed by atoms with Gasteiger partial charge in [0.25, 0.3) is 0 Å². The van der Waals surface area contributed by atoms with Gasteiger partial charge in [0.05, 0.1) is 17.6 Å². The van der Waals surface area contributed by atoms with Crippen molar-refractivity contribution in [2.45, 2.75) is 24.0 Å². The Morgan fingerprint density at radius 2 is 1.93 bits per heavy atom. The van der Waals surface area contributed by atoms with Crippen molar-refractivity contribution in [1.82, 2.24) is 19.9 Å². The van der Waals surface area contributed by atoms with E-state index in [0.29, 0.717) is 24.5 Å². The first-order valence-corrected chi connectivity index (χ1v) is 8.88. The van der Waals surface area contributed by atoms with Crippen LogP contribution in [0.4, 0.5) is 30.5 Å². The lowest BCUT2D eigenvalue weighted by Gasteiger charge is -2.30. The van der Waals surface area contributed by atoms with E-state index in [-0.39, 0.29) is 0 Å². The summed E-state index contributed by atoms with van der Waals surface area (Å²) in [5, 5.41) is 3.05. The van der Waals surface area contributed by atoms with Crippen molar-refractivity contribution in [2.75, 3.05) is 16.8 Å². The molecule has 4 heterocycles. The van der Waals surface area contributed by atoms with E-state index in [1.165, 1.54) is 12.4 Å². The number of hydrogen-bond donors (Lipinski definition) is 2. The highest BCUT2D eigenvalue weighted by Crippen LogP contribution is 2.31. The number of rotatable bonds is 3. The number of aromatic nitrogens is 4. The van der Waals surface area contributed by atoms with Gasteiger partial charge in [0.1, 0.15) is 23.7 Å². The summed E-state index contributed by atoms with van der Waals surface area (Å²) in [6, 6.07) is 5.95. The molecule has 0 spiro atoms. The van der Waals surface area contributed by atoms with E-state index in [4.69, 9.17) is 0 Å². The number of alkyl halides is 3. The highest BCUT2D eigenvalue weighted by Gasteiger charge is 2.32. The van der Waals surface area contributed by atoms with Crippen molar-refractivity contribution in [3.05, 3.63) is 59.9 Å². The first kappa shape index (κ1) is 18.5. The van der Waals surface area contributed by atoms with Crippen LogP contribution in [0.5, 0.6) is 0 Å². The van der Waals surface area contributed by atoms with Crippen LogP contribution in [-0.4, -0.2) is 26.5 Å². The molecule has 3 aromatic heterocycles. The Morgan fingerprint density at radius 3 is 2.64 bits per heavy atom. The fraction of sp³-hybridized carbons (Fsp3) is 0.222. The van der Waals surface area contributed by atoms with Crippen LogP contribution in [0.1, 0.15) is 17.0 Å². The van der Waals surface area contributed by atoms with Gasteiger partial charge in [-0.05, 0) is 24.3 Å². The summed E-state index contributed by atoms with van der Waals surface area (Å²) in [5.41, 5.74) is 1.24. The van der Waals surface area contributed by atoms with Crippen molar-refractivity contribution < 1.29 is 13.2 Å². The van der Waals surface area contributed by atoms with Gasteiger partial charge in [-0.2, -0.15) is 13.2 Å². The molecule has 1 aliphatic heterocycles. The van der Waals surface area contributed by atoms with Crippen LogP contribution < -0.4 is 10.2 Å². The van der Waals surface area contributed by atoms with Gasteiger partial charge in [-0.25, -0.2) is 19.9 Å². The van der Waals surface area contributed by atoms with Crippen LogP contribution in [0.3, 0.4) is 0 Å². The SMILES string of the molecule is FC(F)(F)c1ccc(Nc2ncnc3c2CN(c2ncccc2S)CC3)cn1.